The zero-order valence-electron chi connectivity index (χ0n) is 11.2. The van der Waals surface area contributed by atoms with Crippen molar-refractivity contribution < 1.29 is 9.84 Å². The third kappa shape index (κ3) is 2.62. The number of aromatic nitrogens is 2. The van der Waals surface area contributed by atoms with Gasteiger partial charge < -0.3 is 9.84 Å². The van der Waals surface area contributed by atoms with Crippen molar-refractivity contribution in [1.82, 2.24) is 9.78 Å². The molecule has 6 heteroatoms. The summed E-state index contributed by atoms with van der Waals surface area (Å²) in [5.41, 5.74) is 1.60. The van der Waals surface area contributed by atoms with Gasteiger partial charge in [0.2, 0.25) is 5.88 Å². The number of rotatable bonds is 4. The quantitative estimate of drug-likeness (QED) is 0.893. The Morgan fingerprint density at radius 1 is 1.40 bits per heavy atom. The fraction of sp³-hybridized carbons (Fsp3) is 0.214. The first-order chi connectivity index (χ1) is 9.47. The highest BCUT2D eigenvalue weighted by Crippen LogP contribution is 2.38. The van der Waals surface area contributed by atoms with Crippen LogP contribution in [-0.4, -0.2) is 14.9 Å². The molecule has 2 rings (SSSR count). The van der Waals surface area contributed by atoms with Crippen LogP contribution in [0.1, 0.15) is 18.2 Å². The molecule has 1 N–H and O–H groups in total. The number of phenolic OH excluding ortho intramolecular Hbond substituents is 1. The number of hydrogen-bond donors (Lipinski definition) is 1. The van der Waals surface area contributed by atoms with E-state index in [2.05, 4.69) is 11.7 Å². The highest BCUT2D eigenvalue weighted by molar-refractivity contribution is 6.36. The van der Waals surface area contributed by atoms with Crippen molar-refractivity contribution in [3.63, 3.8) is 0 Å². The molecule has 1 aromatic heterocycles. The molecule has 2 aromatic rings. The van der Waals surface area contributed by atoms with Crippen molar-refractivity contribution >= 4 is 29.3 Å². The van der Waals surface area contributed by atoms with E-state index >= 15 is 0 Å². The Bertz CT molecular complexity index is 666. The highest BCUT2D eigenvalue weighted by atomic mass is 35.5. The van der Waals surface area contributed by atoms with Gasteiger partial charge in [-0.25, -0.2) is 4.68 Å². The average Bonchev–Trinajstić information content (AvgIpc) is 2.71. The molecule has 0 amide bonds. The number of benzene rings is 1. The van der Waals surface area contributed by atoms with Crippen molar-refractivity contribution in [3.8, 4) is 17.4 Å². The molecule has 106 valence electrons. The molecule has 0 aliphatic rings. The second kappa shape index (κ2) is 5.77. The SMILES string of the molecule is C=Cc1c(C)nn(CC)c1Oc1cc(O)c(Cl)cc1Cl. The average molecular weight is 313 g/mol. The first kappa shape index (κ1) is 14.8. The van der Waals surface area contributed by atoms with E-state index in [-0.39, 0.29) is 10.8 Å². The summed E-state index contributed by atoms with van der Waals surface area (Å²) in [7, 11) is 0. The second-order valence-corrected chi connectivity index (χ2v) is 4.97. The van der Waals surface area contributed by atoms with E-state index in [4.69, 9.17) is 27.9 Å². The van der Waals surface area contributed by atoms with Gasteiger partial charge in [0.25, 0.3) is 0 Å². The van der Waals surface area contributed by atoms with Gasteiger partial charge in [-0.3, -0.25) is 0 Å². The third-order valence-corrected chi connectivity index (χ3v) is 3.44. The molecule has 0 fully saturated rings. The lowest BCUT2D eigenvalue weighted by molar-refractivity contribution is 0.410. The monoisotopic (exact) mass is 312 g/mol. The summed E-state index contributed by atoms with van der Waals surface area (Å²) < 4.78 is 7.49. The second-order valence-electron chi connectivity index (χ2n) is 4.16. The van der Waals surface area contributed by atoms with Crippen LogP contribution in [0, 0.1) is 6.92 Å². The van der Waals surface area contributed by atoms with Gasteiger partial charge in [0.1, 0.15) is 5.75 Å². The van der Waals surface area contributed by atoms with Crippen molar-refractivity contribution in [2.24, 2.45) is 0 Å². The Kier molecular flexibility index (Phi) is 4.26. The van der Waals surface area contributed by atoms with Crippen LogP contribution in [0.15, 0.2) is 18.7 Å². The van der Waals surface area contributed by atoms with Gasteiger partial charge in [-0.2, -0.15) is 5.10 Å². The largest absolute Gasteiger partial charge is 0.506 e. The van der Waals surface area contributed by atoms with E-state index in [1.807, 2.05) is 13.8 Å². The molecule has 0 aliphatic heterocycles. The van der Waals surface area contributed by atoms with Crippen LogP contribution in [0.3, 0.4) is 0 Å². The van der Waals surface area contributed by atoms with E-state index < -0.39 is 0 Å². The number of aryl methyl sites for hydroxylation is 2. The van der Waals surface area contributed by atoms with Crippen LogP contribution >= 0.6 is 23.2 Å². The summed E-state index contributed by atoms with van der Waals surface area (Å²) >= 11 is 11.9. The van der Waals surface area contributed by atoms with Gasteiger partial charge in [-0.15, -0.1) is 0 Å². The number of hydrogen-bond acceptors (Lipinski definition) is 3. The van der Waals surface area contributed by atoms with Crippen molar-refractivity contribution in [2.75, 3.05) is 0 Å². The predicted octanol–water partition coefficient (Wildman–Crippen LogP) is 4.66. The molecule has 0 bridgehead atoms. The third-order valence-electron chi connectivity index (χ3n) is 2.84. The van der Waals surface area contributed by atoms with E-state index in [0.29, 0.717) is 23.2 Å². The van der Waals surface area contributed by atoms with E-state index in [1.165, 1.54) is 12.1 Å². The van der Waals surface area contributed by atoms with Gasteiger partial charge in [0, 0.05) is 12.6 Å². The van der Waals surface area contributed by atoms with Crippen LogP contribution in [0.5, 0.6) is 17.4 Å². The highest BCUT2D eigenvalue weighted by Gasteiger charge is 2.16. The molecular formula is C14H14Cl2N2O2. The molecule has 0 aliphatic carbocycles. The zero-order valence-corrected chi connectivity index (χ0v) is 12.7. The van der Waals surface area contributed by atoms with Crippen molar-refractivity contribution in [3.05, 3.63) is 40.0 Å². The molecule has 4 nitrogen and oxygen atoms in total. The lowest BCUT2D eigenvalue weighted by Gasteiger charge is -2.11. The summed E-state index contributed by atoms with van der Waals surface area (Å²) in [5.74, 6) is 0.750. The molecule has 1 aromatic carbocycles. The molecule has 0 unspecified atom stereocenters. The zero-order chi connectivity index (χ0) is 14.9. The minimum Gasteiger partial charge on any atom is -0.506 e. The number of ether oxygens (including phenoxy) is 1. The Morgan fingerprint density at radius 3 is 2.70 bits per heavy atom. The first-order valence-electron chi connectivity index (χ1n) is 6.03. The van der Waals surface area contributed by atoms with Gasteiger partial charge in [0.15, 0.2) is 5.75 Å². The minimum absolute atomic E-state index is 0.0921. The summed E-state index contributed by atoms with van der Waals surface area (Å²) in [4.78, 5) is 0. The number of phenols is 1. The van der Waals surface area contributed by atoms with Gasteiger partial charge in [-0.1, -0.05) is 35.9 Å². The first-order valence-corrected chi connectivity index (χ1v) is 6.79. The van der Waals surface area contributed by atoms with Crippen molar-refractivity contribution in [1.29, 1.82) is 0 Å². The van der Waals surface area contributed by atoms with E-state index in [9.17, 15) is 5.11 Å². The lowest BCUT2D eigenvalue weighted by atomic mass is 10.2. The van der Waals surface area contributed by atoms with E-state index in [0.717, 1.165) is 11.3 Å². The van der Waals surface area contributed by atoms with Crippen molar-refractivity contribution in [2.45, 2.75) is 20.4 Å². The van der Waals surface area contributed by atoms with Gasteiger partial charge in [-0.05, 0) is 19.9 Å². The molecule has 0 atom stereocenters. The molecule has 1 heterocycles. The Labute approximate surface area is 127 Å². The smallest absolute Gasteiger partial charge is 0.225 e. The molecule has 20 heavy (non-hydrogen) atoms. The summed E-state index contributed by atoms with van der Waals surface area (Å²) in [6.45, 7) is 8.22. The maximum atomic E-state index is 9.65. The molecular weight excluding hydrogens is 299 g/mol. The van der Waals surface area contributed by atoms with Gasteiger partial charge >= 0.3 is 0 Å². The Hall–Kier alpha value is -1.65. The summed E-state index contributed by atoms with van der Waals surface area (Å²) in [6.07, 6.45) is 1.67. The minimum atomic E-state index is -0.0921. The number of halogens is 2. The van der Waals surface area contributed by atoms with Crippen LogP contribution < -0.4 is 4.74 Å². The maximum Gasteiger partial charge on any atom is 0.225 e. The predicted molar refractivity (Wildman–Crippen MR) is 80.9 cm³/mol. The molecule has 0 saturated heterocycles. The Balaban J connectivity index is 2.49. The maximum absolute atomic E-state index is 9.65. The van der Waals surface area contributed by atoms with E-state index in [1.54, 1.807) is 10.8 Å². The van der Waals surface area contributed by atoms with Crippen LogP contribution in [0.25, 0.3) is 6.08 Å². The topological polar surface area (TPSA) is 47.3 Å². The molecule has 0 spiro atoms. The van der Waals surface area contributed by atoms with Crippen LogP contribution in [-0.2, 0) is 6.54 Å². The van der Waals surface area contributed by atoms with Crippen LogP contribution in [0.2, 0.25) is 10.0 Å². The normalized spacial score (nSPS) is 10.6. The Morgan fingerprint density at radius 2 is 2.10 bits per heavy atom. The van der Waals surface area contributed by atoms with Gasteiger partial charge in [0.05, 0.1) is 21.3 Å². The fourth-order valence-corrected chi connectivity index (χ4v) is 2.25. The number of nitrogens with zero attached hydrogens (tertiary/aromatic N) is 2. The summed E-state index contributed by atoms with van der Waals surface area (Å²) in [5, 5.41) is 14.5. The molecule has 0 saturated carbocycles. The number of aromatic hydroxyl groups is 1. The van der Waals surface area contributed by atoms with Crippen LogP contribution in [0.4, 0.5) is 0 Å². The lowest BCUT2D eigenvalue weighted by Crippen LogP contribution is -2.00. The fourth-order valence-electron chi connectivity index (χ4n) is 1.83. The molecule has 0 radical (unpaired) electrons. The standard InChI is InChI=1S/C14H14Cl2N2O2/c1-4-9-8(3)17-18(5-2)14(9)20-13-7-12(19)10(15)6-11(13)16/h4,6-7,19H,1,5H2,2-3H3. The summed E-state index contributed by atoms with van der Waals surface area (Å²) in [6, 6.07) is 2.81.